The van der Waals surface area contributed by atoms with E-state index in [2.05, 4.69) is 21.2 Å². The van der Waals surface area contributed by atoms with Crippen LogP contribution in [0.15, 0.2) is 34.1 Å². The summed E-state index contributed by atoms with van der Waals surface area (Å²) in [5.41, 5.74) is 0.623. The monoisotopic (exact) mass is 324 g/mol. The lowest BCUT2D eigenvalue weighted by atomic mass is 10.2. The molecule has 92 valence electrons. The van der Waals surface area contributed by atoms with Crippen molar-refractivity contribution in [3.8, 4) is 6.07 Å². The number of hydrogen-bond acceptors (Lipinski definition) is 3. The predicted molar refractivity (Wildman–Crippen MR) is 75.3 cm³/mol. The first-order valence-electron chi connectivity index (χ1n) is 5.37. The van der Waals surface area contributed by atoms with Crippen molar-refractivity contribution in [3.63, 3.8) is 0 Å². The van der Waals surface area contributed by atoms with Gasteiger partial charge in [-0.3, -0.25) is 0 Å². The maximum atomic E-state index is 13.3. The largest absolute Gasteiger partial charge is 0.384 e. The molecule has 0 amide bonds. The molecule has 0 spiro atoms. The number of halogens is 2. The molecule has 0 atom stereocenters. The number of nitriles is 1. The van der Waals surface area contributed by atoms with E-state index in [0.717, 1.165) is 10.2 Å². The van der Waals surface area contributed by atoms with E-state index < -0.39 is 5.82 Å². The molecule has 0 unspecified atom stereocenters. The third-order valence-corrected chi connectivity index (χ3v) is 4.12. The standard InChI is InChI=1S/C13H10BrFN2S/c14-13-5-4-9(18-13)6-7-17-12-3-1-2-11(15)10(12)8-16/h1-5,17H,6-7H2. The van der Waals surface area contributed by atoms with Crippen molar-refractivity contribution in [1.29, 1.82) is 5.26 Å². The number of nitrogens with zero attached hydrogens (tertiary/aromatic N) is 1. The van der Waals surface area contributed by atoms with Gasteiger partial charge in [-0.05, 0) is 46.6 Å². The Balaban J connectivity index is 1.99. The summed E-state index contributed by atoms with van der Waals surface area (Å²) in [5.74, 6) is -0.485. The Hall–Kier alpha value is -1.38. The van der Waals surface area contributed by atoms with Crippen LogP contribution in [0.4, 0.5) is 10.1 Å². The second-order valence-corrected chi connectivity index (χ2v) is 6.20. The fraction of sp³-hybridized carbons (Fsp3) is 0.154. The third-order valence-electron chi connectivity index (χ3n) is 2.44. The molecule has 2 aromatic rings. The molecule has 2 nitrogen and oxygen atoms in total. The first-order chi connectivity index (χ1) is 8.70. The van der Waals surface area contributed by atoms with Crippen LogP contribution in [0.3, 0.4) is 0 Å². The van der Waals surface area contributed by atoms with Crippen LogP contribution in [0.2, 0.25) is 0 Å². The van der Waals surface area contributed by atoms with Gasteiger partial charge in [0.25, 0.3) is 0 Å². The minimum atomic E-state index is -0.485. The summed E-state index contributed by atoms with van der Waals surface area (Å²) in [7, 11) is 0. The molecule has 1 heterocycles. The van der Waals surface area contributed by atoms with E-state index in [4.69, 9.17) is 5.26 Å². The highest BCUT2D eigenvalue weighted by Gasteiger charge is 2.07. The number of thiophene rings is 1. The normalized spacial score (nSPS) is 10.1. The van der Waals surface area contributed by atoms with Gasteiger partial charge in [0.15, 0.2) is 0 Å². The average molecular weight is 325 g/mol. The summed E-state index contributed by atoms with van der Waals surface area (Å²) in [6.07, 6.45) is 0.845. The van der Waals surface area contributed by atoms with Crippen LogP contribution in [0.1, 0.15) is 10.4 Å². The number of hydrogen-bond donors (Lipinski definition) is 1. The summed E-state index contributed by atoms with van der Waals surface area (Å²) in [6.45, 7) is 0.672. The molecule has 0 aliphatic carbocycles. The Labute approximate surface area is 117 Å². The van der Waals surface area contributed by atoms with Gasteiger partial charge in [0.05, 0.1) is 9.47 Å². The van der Waals surface area contributed by atoms with Crippen molar-refractivity contribution in [3.05, 3.63) is 50.4 Å². The average Bonchev–Trinajstić information content (AvgIpc) is 2.75. The van der Waals surface area contributed by atoms with Crippen molar-refractivity contribution >= 4 is 33.0 Å². The summed E-state index contributed by atoms with van der Waals surface area (Å²) in [6, 6.07) is 10.5. The topological polar surface area (TPSA) is 35.8 Å². The van der Waals surface area contributed by atoms with E-state index in [0.29, 0.717) is 12.2 Å². The van der Waals surface area contributed by atoms with Gasteiger partial charge in [-0.1, -0.05) is 6.07 Å². The van der Waals surface area contributed by atoms with Gasteiger partial charge in [-0.15, -0.1) is 11.3 Å². The molecule has 0 aliphatic heterocycles. The quantitative estimate of drug-likeness (QED) is 0.915. The second-order valence-electron chi connectivity index (χ2n) is 3.66. The van der Waals surface area contributed by atoms with Crippen molar-refractivity contribution < 1.29 is 4.39 Å². The Morgan fingerprint density at radius 2 is 2.17 bits per heavy atom. The molecule has 1 aromatic carbocycles. The van der Waals surface area contributed by atoms with Gasteiger partial charge in [0, 0.05) is 11.4 Å². The van der Waals surface area contributed by atoms with E-state index in [1.807, 2.05) is 18.2 Å². The molecule has 5 heteroatoms. The fourth-order valence-electron chi connectivity index (χ4n) is 1.59. The molecular weight excluding hydrogens is 315 g/mol. The zero-order valence-electron chi connectivity index (χ0n) is 9.41. The molecular formula is C13H10BrFN2S. The number of rotatable bonds is 4. The molecule has 1 N–H and O–H groups in total. The Morgan fingerprint density at radius 1 is 1.33 bits per heavy atom. The minimum absolute atomic E-state index is 0.0739. The third kappa shape index (κ3) is 3.09. The first-order valence-corrected chi connectivity index (χ1v) is 6.98. The summed E-state index contributed by atoms with van der Waals surface area (Å²) in [5, 5.41) is 12.0. The van der Waals surface area contributed by atoms with E-state index >= 15 is 0 Å². The highest BCUT2D eigenvalue weighted by atomic mass is 79.9. The van der Waals surface area contributed by atoms with Gasteiger partial charge in [-0.2, -0.15) is 5.26 Å². The van der Waals surface area contributed by atoms with E-state index in [1.165, 1.54) is 10.9 Å². The second kappa shape index (κ2) is 5.98. The van der Waals surface area contributed by atoms with Crippen LogP contribution >= 0.6 is 27.3 Å². The highest BCUT2D eigenvalue weighted by molar-refractivity contribution is 9.11. The predicted octanol–water partition coefficient (Wildman–Crippen LogP) is 4.18. The number of benzene rings is 1. The van der Waals surface area contributed by atoms with Crippen molar-refractivity contribution in [2.45, 2.75) is 6.42 Å². The lowest BCUT2D eigenvalue weighted by Crippen LogP contribution is -2.06. The molecule has 2 rings (SSSR count). The Kier molecular flexibility index (Phi) is 4.34. The highest BCUT2D eigenvalue weighted by Crippen LogP contribution is 2.23. The van der Waals surface area contributed by atoms with Gasteiger partial charge in [0.1, 0.15) is 17.4 Å². The van der Waals surface area contributed by atoms with Crippen LogP contribution in [-0.2, 0) is 6.42 Å². The van der Waals surface area contributed by atoms with Crippen LogP contribution in [0, 0.1) is 17.1 Å². The van der Waals surface area contributed by atoms with E-state index in [9.17, 15) is 4.39 Å². The zero-order chi connectivity index (χ0) is 13.0. The lowest BCUT2D eigenvalue weighted by Gasteiger charge is -2.07. The molecule has 0 aliphatic rings. The first kappa shape index (κ1) is 13.1. The van der Waals surface area contributed by atoms with Crippen molar-refractivity contribution in [1.82, 2.24) is 0 Å². The maximum Gasteiger partial charge on any atom is 0.143 e. The van der Waals surface area contributed by atoms with Gasteiger partial charge in [0.2, 0.25) is 0 Å². The van der Waals surface area contributed by atoms with Crippen LogP contribution in [-0.4, -0.2) is 6.54 Å². The molecule has 0 fully saturated rings. The van der Waals surface area contributed by atoms with Crippen molar-refractivity contribution in [2.75, 3.05) is 11.9 Å². The molecule has 18 heavy (non-hydrogen) atoms. The molecule has 0 saturated heterocycles. The maximum absolute atomic E-state index is 13.3. The van der Waals surface area contributed by atoms with E-state index in [-0.39, 0.29) is 5.56 Å². The van der Waals surface area contributed by atoms with Gasteiger partial charge < -0.3 is 5.32 Å². The summed E-state index contributed by atoms with van der Waals surface area (Å²) in [4.78, 5) is 1.24. The van der Waals surface area contributed by atoms with Gasteiger partial charge in [-0.25, -0.2) is 4.39 Å². The molecule has 0 bridgehead atoms. The number of nitrogens with one attached hydrogen (secondary N) is 1. The molecule has 0 saturated carbocycles. The van der Waals surface area contributed by atoms with Crippen LogP contribution in [0.5, 0.6) is 0 Å². The SMILES string of the molecule is N#Cc1c(F)cccc1NCCc1ccc(Br)s1. The van der Waals surface area contributed by atoms with Crippen molar-refractivity contribution in [2.24, 2.45) is 0 Å². The Bertz CT molecular complexity index is 589. The molecule has 1 aromatic heterocycles. The number of anilines is 1. The Morgan fingerprint density at radius 3 is 2.83 bits per heavy atom. The van der Waals surface area contributed by atoms with E-state index in [1.54, 1.807) is 23.5 Å². The minimum Gasteiger partial charge on any atom is -0.384 e. The van der Waals surface area contributed by atoms with Crippen LogP contribution < -0.4 is 5.32 Å². The molecule has 0 radical (unpaired) electrons. The lowest BCUT2D eigenvalue weighted by molar-refractivity contribution is 0.624. The zero-order valence-corrected chi connectivity index (χ0v) is 11.8. The summed E-state index contributed by atoms with van der Waals surface area (Å²) < 4.78 is 14.4. The fourth-order valence-corrected chi connectivity index (χ4v) is 3.07. The van der Waals surface area contributed by atoms with Crippen LogP contribution in [0.25, 0.3) is 0 Å². The van der Waals surface area contributed by atoms with Gasteiger partial charge >= 0.3 is 0 Å². The summed E-state index contributed by atoms with van der Waals surface area (Å²) >= 11 is 5.08. The smallest absolute Gasteiger partial charge is 0.143 e.